The van der Waals surface area contributed by atoms with Crippen LogP contribution in [0.4, 0.5) is 0 Å². The van der Waals surface area contributed by atoms with Crippen LogP contribution in [0.3, 0.4) is 0 Å². The zero-order valence-corrected chi connectivity index (χ0v) is 8.91. The maximum absolute atomic E-state index is 8.98. The standard InChI is InChI=1S/C10H12ClNO3/c11-8-1-2-10(12-9(8)5-13)15-7-3-4-14-6-7/h1-2,7,13H,3-6H2. The topological polar surface area (TPSA) is 51.6 Å². The van der Waals surface area contributed by atoms with Gasteiger partial charge >= 0.3 is 0 Å². The van der Waals surface area contributed by atoms with E-state index in [0.717, 1.165) is 13.0 Å². The predicted octanol–water partition coefficient (Wildman–Crippen LogP) is 1.40. The number of ether oxygens (including phenoxy) is 2. The van der Waals surface area contributed by atoms with Gasteiger partial charge in [0.2, 0.25) is 5.88 Å². The van der Waals surface area contributed by atoms with E-state index in [-0.39, 0.29) is 12.7 Å². The molecule has 1 aliphatic heterocycles. The van der Waals surface area contributed by atoms with Gasteiger partial charge in [0, 0.05) is 12.5 Å². The van der Waals surface area contributed by atoms with Gasteiger partial charge in [-0.2, -0.15) is 0 Å². The van der Waals surface area contributed by atoms with Crippen LogP contribution in [0.2, 0.25) is 5.02 Å². The van der Waals surface area contributed by atoms with Gasteiger partial charge in [0.1, 0.15) is 6.10 Å². The van der Waals surface area contributed by atoms with E-state index in [0.29, 0.717) is 23.2 Å². The number of aliphatic hydroxyl groups excluding tert-OH is 1. The lowest BCUT2D eigenvalue weighted by Gasteiger charge is -2.11. The maximum Gasteiger partial charge on any atom is 0.213 e. The molecule has 0 amide bonds. The predicted molar refractivity (Wildman–Crippen MR) is 55.0 cm³/mol. The summed E-state index contributed by atoms with van der Waals surface area (Å²) in [6.07, 6.45) is 0.934. The van der Waals surface area contributed by atoms with Crippen molar-refractivity contribution in [1.82, 2.24) is 4.98 Å². The Labute approximate surface area is 92.8 Å². The van der Waals surface area contributed by atoms with Gasteiger partial charge in [-0.05, 0) is 6.07 Å². The van der Waals surface area contributed by atoms with Crippen molar-refractivity contribution >= 4 is 11.6 Å². The fourth-order valence-corrected chi connectivity index (χ4v) is 1.58. The number of nitrogens with zero attached hydrogens (tertiary/aromatic N) is 1. The molecule has 2 rings (SSSR count). The molecule has 0 saturated carbocycles. The van der Waals surface area contributed by atoms with Crippen LogP contribution in [-0.4, -0.2) is 29.4 Å². The highest BCUT2D eigenvalue weighted by Crippen LogP contribution is 2.20. The van der Waals surface area contributed by atoms with Gasteiger partial charge in [0.25, 0.3) is 0 Å². The minimum absolute atomic E-state index is 0.0604. The highest BCUT2D eigenvalue weighted by molar-refractivity contribution is 6.31. The monoisotopic (exact) mass is 229 g/mol. The first-order chi connectivity index (χ1) is 7.29. The minimum Gasteiger partial charge on any atom is -0.472 e. The molecular weight excluding hydrogens is 218 g/mol. The summed E-state index contributed by atoms with van der Waals surface area (Å²) >= 11 is 5.81. The van der Waals surface area contributed by atoms with Gasteiger partial charge in [-0.1, -0.05) is 11.6 Å². The summed E-state index contributed by atoms with van der Waals surface area (Å²) in [6, 6.07) is 3.37. The summed E-state index contributed by atoms with van der Waals surface area (Å²) in [5, 5.41) is 9.43. The van der Waals surface area contributed by atoms with E-state index >= 15 is 0 Å². The van der Waals surface area contributed by atoms with Crippen molar-refractivity contribution in [2.75, 3.05) is 13.2 Å². The van der Waals surface area contributed by atoms with Gasteiger partial charge in [0.15, 0.2) is 0 Å². The summed E-state index contributed by atoms with van der Waals surface area (Å²) in [6.45, 7) is 1.14. The molecule has 0 aromatic carbocycles. The summed E-state index contributed by atoms with van der Waals surface area (Å²) in [5.41, 5.74) is 0.438. The van der Waals surface area contributed by atoms with E-state index in [1.165, 1.54) is 0 Å². The molecule has 5 heteroatoms. The van der Waals surface area contributed by atoms with Crippen molar-refractivity contribution < 1.29 is 14.6 Å². The first kappa shape index (κ1) is 10.7. The van der Waals surface area contributed by atoms with Gasteiger partial charge in [-0.25, -0.2) is 4.98 Å². The molecule has 1 atom stereocenters. The van der Waals surface area contributed by atoms with Gasteiger partial charge < -0.3 is 14.6 Å². The van der Waals surface area contributed by atoms with Crippen LogP contribution in [0.15, 0.2) is 12.1 Å². The van der Waals surface area contributed by atoms with E-state index < -0.39 is 0 Å². The molecule has 0 radical (unpaired) electrons. The summed E-state index contributed by atoms with van der Waals surface area (Å²) in [5.74, 6) is 0.485. The largest absolute Gasteiger partial charge is 0.472 e. The molecule has 15 heavy (non-hydrogen) atoms. The van der Waals surface area contributed by atoms with Crippen molar-refractivity contribution in [2.24, 2.45) is 0 Å². The molecule has 1 fully saturated rings. The SMILES string of the molecule is OCc1nc(OC2CCOC2)ccc1Cl. The van der Waals surface area contributed by atoms with Crippen LogP contribution in [0, 0.1) is 0 Å². The molecule has 4 nitrogen and oxygen atoms in total. The lowest BCUT2D eigenvalue weighted by molar-refractivity contribution is 0.137. The molecule has 1 aromatic rings. The highest BCUT2D eigenvalue weighted by Gasteiger charge is 2.18. The Bertz CT molecular complexity index is 339. The van der Waals surface area contributed by atoms with Crippen molar-refractivity contribution in [3.8, 4) is 5.88 Å². The van der Waals surface area contributed by atoms with Gasteiger partial charge in [0.05, 0.1) is 30.5 Å². The zero-order valence-electron chi connectivity index (χ0n) is 8.15. The van der Waals surface area contributed by atoms with Crippen LogP contribution in [0.5, 0.6) is 5.88 Å². The van der Waals surface area contributed by atoms with Gasteiger partial charge in [-0.3, -0.25) is 0 Å². The van der Waals surface area contributed by atoms with Crippen LogP contribution < -0.4 is 4.74 Å². The molecule has 1 aromatic heterocycles. The molecule has 1 saturated heterocycles. The van der Waals surface area contributed by atoms with Crippen LogP contribution in [0.25, 0.3) is 0 Å². The molecule has 1 unspecified atom stereocenters. The second-order valence-electron chi connectivity index (χ2n) is 3.34. The molecule has 2 heterocycles. The third kappa shape index (κ3) is 2.59. The summed E-state index contributed by atoms with van der Waals surface area (Å²) in [4.78, 5) is 4.09. The molecule has 82 valence electrons. The second kappa shape index (κ2) is 4.79. The average molecular weight is 230 g/mol. The number of hydrogen-bond donors (Lipinski definition) is 1. The zero-order chi connectivity index (χ0) is 10.7. The van der Waals surface area contributed by atoms with Gasteiger partial charge in [-0.15, -0.1) is 0 Å². The first-order valence-corrected chi connectivity index (χ1v) is 5.18. The number of hydrogen-bond acceptors (Lipinski definition) is 4. The first-order valence-electron chi connectivity index (χ1n) is 4.80. The smallest absolute Gasteiger partial charge is 0.213 e. The fraction of sp³-hybridized carbons (Fsp3) is 0.500. The highest BCUT2D eigenvalue weighted by atomic mass is 35.5. The van der Waals surface area contributed by atoms with Crippen LogP contribution >= 0.6 is 11.6 Å². The molecular formula is C10H12ClNO3. The normalized spacial score (nSPS) is 20.5. The Morgan fingerprint density at radius 1 is 1.60 bits per heavy atom. The average Bonchev–Trinajstić information content (AvgIpc) is 2.73. The molecule has 1 aliphatic rings. The van der Waals surface area contributed by atoms with E-state index in [9.17, 15) is 0 Å². The Balaban J connectivity index is 2.07. The number of pyridine rings is 1. The Morgan fingerprint density at radius 3 is 3.13 bits per heavy atom. The maximum atomic E-state index is 8.98. The number of aliphatic hydroxyl groups is 1. The quantitative estimate of drug-likeness (QED) is 0.851. The number of rotatable bonds is 3. The molecule has 1 N–H and O–H groups in total. The summed E-state index contributed by atoms with van der Waals surface area (Å²) in [7, 11) is 0. The molecule has 0 spiro atoms. The Morgan fingerprint density at radius 2 is 2.47 bits per heavy atom. The van der Waals surface area contributed by atoms with Crippen molar-refractivity contribution in [1.29, 1.82) is 0 Å². The minimum atomic E-state index is -0.183. The van der Waals surface area contributed by atoms with Crippen molar-refractivity contribution in [3.05, 3.63) is 22.8 Å². The van der Waals surface area contributed by atoms with E-state index in [1.54, 1.807) is 12.1 Å². The Kier molecular flexibility index (Phi) is 3.41. The third-order valence-corrected chi connectivity index (χ3v) is 2.56. The van der Waals surface area contributed by atoms with Crippen LogP contribution in [0.1, 0.15) is 12.1 Å². The fourth-order valence-electron chi connectivity index (χ4n) is 1.42. The number of halogens is 1. The Hall–Kier alpha value is -0.840. The lowest BCUT2D eigenvalue weighted by atomic mass is 10.3. The van der Waals surface area contributed by atoms with E-state index in [1.807, 2.05) is 0 Å². The van der Waals surface area contributed by atoms with E-state index in [2.05, 4.69) is 4.98 Å². The molecule has 0 aliphatic carbocycles. The van der Waals surface area contributed by atoms with Crippen molar-refractivity contribution in [2.45, 2.75) is 19.1 Å². The van der Waals surface area contributed by atoms with Crippen LogP contribution in [-0.2, 0) is 11.3 Å². The number of aromatic nitrogens is 1. The van der Waals surface area contributed by atoms with E-state index in [4.69, 9.17) is 26.2 Å². The molecule has 0 bridgehead atoms. The lowest BCUT2D eigenvalue weighted by Crippen LogP contribution is -2.16. The third-order valence-electron chi connectivity index (χ3n) is 2.22. The second-order valence-corrected chi connectivity index (χ2v) is 3.75. The summed E-state index contributed by atoms with van der Waals surface area (Å²) < 4.78 is 10.7. The van der Waals surface area contributed by atoms with Crippen molar-refractivity contribution in [3.63, 3.8) is 0 Å².